The first-order valence-electron chi connectivity index (χ1n) is 20.9. The lowest BCUT2D eigenvalue weighted by molar-refractivity contribution is 0.0854. The zero-order valence-corrected chi connectivity index (χ0v) is 36.3. The van der Waals surface area contributed by atoms with Crippen molar-refractivity contribution in [3.8, 4) is 0 Å². The number of benzene rings is 3. The summed E-state index contributed by atoms with van der Waals surface area (Å²) in [6, 6.07) is 14.9. The van der Waals surface area contributed by atoms with Gasteiger partial charge in [-0.25, -0.2) is 13.7 Å². The Labute approximate surface area is 360 Å². The minimum absolute atomic E-state index is 0.00537. The Kier molecular flexibility index (Phi) is 11.8. The molecule has 1 atom stereocenters. The predicted molar refractivity (Wildman–Crippen MR) is 242 cm³/mol. The molecule has 3 fully saturated rings. The summed E-state index contributed by atoms with van der Waals surface area (Å²) in [6.45, 7) is 20.3. The Hall–Kier alpha value is -4.01. The lowest BCUT2D eigenvalue weighted by Crippen LogP contribution is -2.53. The summed E-state index contributed by atoms with van der Waals surface area (Å²) in [5.41, 5.74) is 11.5. The quantitative estimate of drug-likeness (QED) is 0.142. The van der Waals surface area contributed by atoms with Crippen LogP contribution in [0.15, 0.2) is 78.1 Å². The molecule has 6 heterocycles. The van der Waals surface area contributed by atoms with Crippen molar-refractivity contribution in [3.63, 3.8) is 0 Å². The molecule has 1 aromatic heterocycles. The van der Waals surface area contributed by atoms with E-state index in [0.717, 1.165) is 119 Å². The van der Waals surface area contributed by atoms with Gasteiger partial charge in [0.1, 0.15) is 10.7 Å². The number of para-hydroxylation sites is 1. The Morgan fingerprint density at radius 2 is 1.80 bits per heavy atom. The van der Waals surface area contributed by atoms with Crippen LogP contribution in [0.25, 0.3) is 0 Å². The summed E-state index contributed by atoms with van der Waals surface area (Å²) >= 11 is 8.47. The van der Waals surface area contributed by atoms with Gasteiger partial charge in [0.15, 0.2) is 5.82 Å². The second-order valence-electron chi connectivity index (χ2n) is 16.4. The maximum atomic E-state index is 15.3. The number of hydrogen-bond acceptors (Lipinski definition) is 11. The van der Waals surface area contributed by atoms with Gasteiger partial charge in [0, 0.05) is 92.1 Å². The topological polar surface area (TPSA) is 66.0 Å². The van der Waals surface area contributed by atoms with Crippen LogP contribution < -0.4 is 24.1 Å². The second-order valence-corrected chi connectivity index (χ2v) is 18.4. The smallest absolute Gasteiger partial charge is 0.229 e. The van der Waals surface area contributed by atoms with E-state index in [0.29, 0.717) is 39.7 Å². The molecule has 5 aliphatic rings. The molecule has 0 saturated carbocycles. The SMILES string of the molecule is C=C1CCC(c2cc(F)c(CCN3CCN(C4CCN(c5cc(CC)c(Nc6ncc(SF)c(N7SN8CCc9cccc7c98)n6)cc5C)CC4)CC3)cc2Cl)C(=C)N1. The fourth-order valence-corrected chi connectivity index (χ4v) is 11.3. The average Bonchev–Trinajstić information content (AvgIpc) is 3.84. The number of aromatic nitrogens is 2. The van der Waals surface area contributed by atoms with E-state index in [9.17, 15) is 3.89 Å². The van der Waals surface area contributed by atoms with E-state index < -0.39 is 0 Å². The van der Waals surface area contributed by atoms with Crippen LogP contribution in [0.3, 0.4) is 0 Å². The van der Waals surface area contributed by atoms with Crippen molar-refractivity contribution in [1.82, 2.24) is 25.1 Å². The Balaban J connectivity index is 0.787. The highest BCUT2D eigenvalue weighted by atomic mass is 35.5. The molecule has 3 saturated heterocycles. The number of nitrogens with one attached hydrogen (secondary N) is 2. The summed E-state index contributed by atoms with van der Waals surface area (Å²) in [5.74, 6) is 0.813. The average molecular weight is 857 g/mol. The molecule has 59 heavy (non-hydrogen) atoms. The minimum atomic E-state index is -0.181. The van der Waals surface area contributed by atoms with E-state index in [-0.39, 0.29) is 23.9 Å². The monoisotopic (exact) mass is 855 g/mol. The molecule has 0 amide bonds. The zero-order chi connectivity index (χ0) is 40.8. The minimum Gasteiger partial charge on any atom is -0.371 e. The molecule has 0 spiro atoms. The molecule has 9 nitrogen and oxygen atoms in total. The molecule has 3 aromatic carbocycles. The van der Waals surface area contributed by atoms with E-state index in [2.05, 4.69) is 92.0 Å². The molecule has 310 valence electrons. The van der Waals surface area contributed by atoms with Crippen LogP contribution >= 0.6 is 35.9 Å². The van der Waals surface area contributed by atoms with Crippen LogP contribution in [0.4, 0.5) is 42.8 Å². The van der Waals surface area contributed by atoms with Crippen molar-refractivity contribution in [3.05, 3.63) is 112 Å². The highest BCUT2D eigenvalue weighted by molar-refractivity contribution is 8.02. The fourth-order valence-electron chi connectivity index (χ4n) is 9.55. The van der Waals surface area contributed by atoms with Crippen molar-refractivity contribution < 1.29 is 8.28 Å². The number of nitrogens with zero attached hydrogens (tertiary/aromatic N) is 7. The van der Waals surface area contributed by atoms with Crippen LogP contribution in [0.5, 0.6) is 0 Å². The first-order valence-corrected chi connectivity index (χ1v) is 22.8. The summed E-state index contributed by atoms with van der Waals surface area (Å²) in [5, 5.41) is 7.34. The van der Waals surface area contributed by atoms with E-state index in [4.69, 9.17) is 16.6 Å². The molecule has 5 aliphatic heterocycles. The summed E-state index contributed by atoms with van der Waals surface area (Å²) in [4.78, 5) is 17.5. The third-order valence-corrected chi connectivity index (χ3v) is 14.7. The van der Waals surface area contributed by atoms with Gasteiger partial charge in [-0.05, 0) is 110 Å². The maximum absolute atomic E-state index is 15.3. The molecule has 0 radical (unpaired) electrons. The molecule has 4 aromatic rings. The zero-order valence-electron chi connectivity index (χ0n) is 33.9. The standard InChI is InChI=1S/C45H52ClF2N9S2/c1-5-31-25-41(28(2)23-39(31)51-45-49-27-42(58-48)44(52-45)57-40-8-6-7-32-12-18-56(59-57)43(32)40)55-16-13-34(14-17-55)54-21-19-53(20-22-54)15-11-33-24-37(46)36(26-38(33)47)35-10-9-29(3)50-30(35)4/h6-8,23-27,34-35,50H,3-5,9-22H2,1-2H3,(H,49,51,52). The molecule has 0 aliphatic carbocycles. The number of allylic oxidation sites excluding steroid dienone is 2. The summed E-state index contributed by atoms with van der Waals surface area (Å²) in [6.07, 6.45) is 8.00. The Morgan fingerprint density at radius 3 is 2.56 bits per heavy atom. The van der Waals surface area contributed by atoms with Crippen LogP contribution in [0, 0.1) is 12.7 Å². The number of aryl methyl sites for hydroxylation is 2. The van der Waals surface area contributed by atoms with Gasteiger partial charge in [-0.3, -0.25) is 9.21 Å². The highest BCUT2D eigenvalue weighted by Crippen LogP contribution is 2.54. The molecule has 1 unspecified atom stereocenters. The fraction of sp³-hybridized carbons (Fsp3) is 0.422. The number of hydrogen-bond donors (Lipinski definition) is 2. The van der Waals surface area contributed by atoms with Gasteiger partial charge in [-0.1, -0.05) is 43.8 Å². The molecule has 0 bridgehead atoms. The van der Waals surface area contributed by atoms with Gasteiger partial charge in [-0.2, -0.15) is 8.87 Å². The van der Waals surface area contributed by atoms with E-state index in [1.807, 2.05) is 10.4 Å². The van der Waals surface area contributed by atoms with Crippen LogP contribution in [-0.2, 0) is 19.3 Å². The van der Waals surface area contributed by atoms with Crippen LogP contribution in [0.2, 0.25) is 5.02 Å². The lowest BCUT2D eigenvalue weighted by atomic mass is 9.87. The van der Waals surface area contributed by atoms with Crippen molar-refractivity contribution in [1.29, 1.82) is 0 Å². The number of piperidine rings is 2. The van der Waals surface area contributed by atoms with Gasteiger partial charge in [0.05, 0.1) is 41.9 Å². The van der Waals surface area contributed by atoms with Gasteiger partial charge < -0.3 is 20.4 Å². The second kappa shape index (κ2) is 17.2. The molecular weight excluding hydrogens is 804 g/mol. The largest absolute Gasteiger partial charge is 0.371 e. The van der Waals surface area contributed by atoms with Gasteiger partial charge in [0.25, 0.3) is 0 Å². The predicted octanol–water partition coefficient (Wildman–Crippen LogP) is 10.3. The van der Waals surface area contributed by atoms with E-state index in [1.54, 1.807) is 24.4 Å². The van der Waals surface area contributed by atoms with Crippen molar-refractivity contribution in [2.45, 2.75) is 75.6 Å². The van der Waals surface area contributed by atoms with Gasteiger partial charge >= 0.3 is 0 Å². The molecule has 14 heteroatoms. The summed E-state index contributed by atoms with van der Waals surface area (Å²) < 4.78 is 33.8. The Morgan fingerprint density at radius 1 is 0.983 bits per heavy atom. The van der Waals surface area contributed by atoms with Crippen LogP contribution in [0.1, 0.15) is 66.3 Å². The molecular formula is C45H52ClF2N9S2. The van der Waals surface area contributed by atoms with E-state index >= 15 is 4.39 Å². The third-order valence-electron chi connectivity index (χ3n) is 12.9. The summed E-state index contributed by atoms with van der Waals surface area (Å²) in [7, 11) is 0. The van der Waals surface area contributed by atoms with E-state index in [1.165, 1.54) is 28.1 Å². The number of rotatable bonds is 11. The highest BCUT2D eigenvalue weighted by Gasteiger charge is 2.37. The molecule has 2 N–H and O–H groups in total. The third kappa shape index (κ3) is 8.13. The normalized spacial score (nSPS) is 20.1. The van der Waals surface area contributed by atoms with Crippen molar-refractivity contribution in [2.75, 3.05) is 71.2 Å². The first kappa shape index (κ1) is 40.4. The molecule has 9 rings (SSSR count). The lowest BCUT2D eigenvalue weighted by Gasteiger charge is -2.43. The first-order chi connectivity index (χ1) is 28.7. The van der Waals surface area contributed by atoms with Crippen molar-refractivity contribution >= 4 is 70.4 Å². The van der Waals surface area contributed by atoms with Gasteiger partial charge in [-0.15, -0.1) is 0 Å². The number of halogens is 3. The Bertz CT molecular complexity index is 2260. The number of piperazine rings is 1. The maximum Gasteiger partial charge on any atom is 0.229 e. The number of anilines is 6. The van der Waals surface area contributed by atoms with Crippen LogP contribution in [-0.4, -0.2) is 78.2 Å². The van der Waals surface area contributed by atoms with Crippen molar-refractivity contribution in [2.24, 2.45) is 0 Å². The van der Waals surface area contributed by atoms with Gasteiger partial charge in [0.2, 0.25) is 5.95 Å².